The maximum absolute atomic E-state index is 15.6. The zero-order chi connectivity index (χ0) is 51.8. The number of hydrogen-bond donors (Lipinski definition) is 4. The van der Waals surface area contributed by atoms with E-state index in [0.29, 0.717) is 63.0 Å². The molecule has 2 aromatic heterocycles. The molecule has 17 nitrogen and oxygen atoms in total. The first kappa shape index (κ1) is 49.8. The molecule has 392 valence electrons. The number of aliphatic hydroxyl groups is 1. The third-order valence-electron chi connectivity index (χ3n) is 16.8. The second-order valence-electron chi connectivity index (χ2n) is 22.1. The van der Waals surface area contributed by atoms with Crippen molar-refractivity contribution in [2.75, 3.05) is 49.5 Å². The molecule has 5 fully saturated rings. The number of nitrogens with zero attached hydrogens (tertiary/aromatic N) is 5. The molecule has 74 heavy (non-hydrogen) atoms. The van der Waals surface area contributed by atoms with Crippen molar-refractivity contribution in [1.29, 1.82) is 0 Å². The molecule has 20 heteroatoms. The van der Waals surface area contributed by atoms with Gasteiger partial charge in [-0.2, -0.15) is 9.37 Å². The van der Waals surface area contributed by atoms with Gasteiger partial charge in [0.15, 0.2) is 17.2 Å². The molecule has 5 aromatic rings. The molecule has 5 heterocycles. The number of sulfonamides is 1. The van der Waals surface area contributed by atoms with Gasteiger partial charge < -0.3 is 34.7 Å². The third-order valence-corrected chi connectivity index (χ3v) is 18.1. The van der Waals surface area contributed by atoms with Crippen LogP contribution in [-0.4, -0.2) is 107 Å². The molecule has 2 atom stereocenters. The normalized spacial score (nSPS) is 24.2. The standard InChI is InChI=1S/C54H62F2N8O9S/c1-31(2)37-6-4-5-7-38(37)44-29-62(52(66)33-8-9-33)20-21-63(44)35-26-54(27-35)16-18-61(19-17-54)34-10-11-39(45(22-34)73-47-25-40-41(55)28-57-50(40)59-49(47)56)51(65)60-74(70,71)36-23-43(64(68)69)48-46(24-36)72-30-42(58-48)32-12-14-53(3,67)15-13-32/h4-7,10-11,22-25,28,31-33,35,42,44,58,67H,8-9,12-21,26-27,29-30H2,1-3H3,(H,57,59)(H,60,65)/t32?,42-,44-,53?/m1/s1. The van der Waals surface area contributed by atoms with Crippen LogP contribution in [0.4, 0.5) is 25.8 Å². The van der Waals surface area contributed by atoms with Gasteiger partial charge in [0.05, 0.1) is 38.5 Å². The summed E-state index contributed by atoms with van der Waals surface area (Å²) in [5.41, 5.74) is 1.62. The van der Waals surface area contributed by atoms with Crippen molar-refractivity contribution in [1.82, 2.24) is 24.5 Å². The van der Waals surface area contributed by atoms with Crippen molar-refractivity contribution in [2.45, 2.75) is 120 Å². The van der Waals surface area contributed by atoms with Gasteiger partial charge in [0.2, 0.25) is 5.91 Å². The summed E-state index contributed by atoms with van der Waals surface area (Å²) >= 11 is 0. The first-order valence-electron chi connectivity index (χ1n) is 25.9. The summed E-state index contributed by atoms with van der Waals surface area (Å²) in [7, 11) is -4.82. The molecule has 4 N–H and O–H groups in total. The summed E-state index contributed by atoms with van der Waals surface area (Å²) in [6.45, 7) is 9.85. The lowest BCUT2D eigenvalue weighted by Crippen LogP contribution is -2.60. The van der Waals surface area contributed by atoms with Gasteiger partial charge in [-0.25, -0.2) is 17.5 Å². The van der Waals surface area contributed by atoms with E-state index in [4.69, 9.17) is 9.47 Å². The third kappa shape index (κ3) is 9.64. The molecule has 3 aromatic carbocycles. The number of nitro groups is 1. The van der Waals surface area contributed by atoms with Crippen LogP contribution in [0.3, 0.4) is 0 Å². The number of piperazine rings is 1. The molecule has 0 unspecified atom stereocenters. The highest BCUT2D eigenvalue weighted by Gasteiger charge is 2.51. The van der Waals surface area contributed by atoms with Crippen molar-refractivity contribution >= 4 is 49.9 Å². The minimum atomic E-state index is -4.82. The van der Waals surface area contributed by atoms with Crippen molar-refractivity contribution < 1.29 is 46.3 Å². The van der Waals surface area contributed by atoms with E-state index in [2.05, 4.69) is 68.1 Å². The van der Waals surface area contributed by atoms with Gasteiger partial charge >= 0.3 is 0 Å². The molecule has 1 spiro atoms. The number of fused-ring (bicyclic) bond motifs is 2. The highest BCUT2D eigenvalue weighted by Crippen LogP contribution is 2.54. The number of aromatic nitrogens is 2. The quantitative estimate of drug-likeness (QED) is 0.0523. The Morgan fingerprint density at radius 3 is 2.43 bits per heavy atom. The largest absolute Gasteiger partial charge is 0.489 e. The van der Waals surface area contributed by atoms with E-state index in [1.165, 1.54) is 23.3 Å². The number of pyridine rings is 1. The number of rotatable bonds is 12. The molecule has 6 aliphatic rings. The van der Waals surface area contributed by atoms with Crippen LogP contribution in [0.2, 0.25) is 0 Å². The van der Waals surface area contributed by atoms with Gasteiger partial charge in [0, 0.05) is 74.8 Å². The SMILES string of the molecule is CC(C)c1ccccc1[C@H]1CN(C(=O)C2CC2)CCN1C1CC2(CCN(c3ccc(C(=O)NS(=O)(=O)c4cc5c(c([N+](=O)[O-])c4)N[C@@H](C4CCC(C)(O)CC4)CO5)c(Oc4cc5c(F)c[nH]c5nc4F)c3)CC2)C1. The Labute approximate surface area is 428 Å². The fraction of sp³-hybridized carbons (Fsp3) is 0.500. The van der Waals surface area contributed by atoms with Crippen LogP contribution in [0.1, 0.15) is 118 Å². The van der Waals surface area contributed by atoms with Crippen LogP contribution in [0.15, 0.2) is 71.8 Å². The van der Waals surface area contributed by atoms with Crippen molar-refractivity contribution in [3.05, 3.63) is 105 Å². The van der Waals surface area contributed by atoms with Gasteiger partial charge in [-0.3, -0.25) is 24.6 Å². The van der Waals surface area contributed by atoms with E-state index in [-0.39, 0.29) is 75.6 Å². The van der Waals surface area contributed by atoms with E-state index in [9.17, 15) is 37.6 Å². The Morgan fingerprint density at radius 1 is 0.973 bits per heavy atom. The van der Waals surface area contributed by atoms with Gasteiger partial charge in [-0.05, 0) is 118 Å². The number of ether oxygens (including phenoxy) is 2. The van der Waals surface area contributed by atoms with Gasteiger partial charge in [-0.1, -0.05) is 38.1 Å². The molecule has 3 saturated carbocycles. The summed E-state index contributed by atoms with van der Waals surface area (Å²) < 4.78 is 72.4. The molecule has 2 amide bonds. The van der Waals surface area contributed by atoms with Crippen LogP contribution in [0.25, 0.3) is 11.0 Å². The summed E-state index contributed by atoms with van der Waals surface area (Å²) in [6, 6.07) is 16.4. The van der Waals surface area contributed by atoms with Crippen LogP contribution < -0.4 is 24.4 Å². The molecule has 2 saturated heterocycles. The van der Waals surface area contributed by atoms with E-state index < -0.39 is 54.6 Å². The van der Waals surface area contributed by atoms with Gasteiger partial charge in [0.1, 0.15) is 23.8 Å². The number of nitro benzene ring substituents is 1. The Morgan fingerprint density at radius 2 is 1.72 bits per heavy atom. The number of aromatic amines is 1. The second kappa shape index (κ2) is 19.1. The fourth-order valence-corrected chi connectivity index (χ4v) is 13.3. The van der Waals surface area contributed by atoms with Gasteiger partial charge in [-0.15, -0.1) is 0 Å². The monoisotopic (exact) mass is 1040 g/mol. The second-order valence-corrected chi connectivity index (χ2v) is 23.8. The molecule has 11 rings (SSSR count). The Kier molecular flexibility index (Phi) is 12.8. The average molecular weight is 1040 g/mol. The summed E-state index contributed by atoms with van der Waals surface area (Å²) in [5, 5.41) is 26.0. The predicted molar refractivity (Wildman–Crippen MR) is 272 cm³/mol. The van der Waals surface area contributed by atoms with Crippen molar-refractivity contribution in [3.8, 4) is 17.2 Å². The summed E-state index contributed by atoms with van der Waals surface area (Å²) in [5.74, 6) is -2.98. The molecular formula is C54H62F2N8O9S. The number of H-pyrrole nitrogens is 1. The van der Waals surface area contributed by atoms with Crippen molar-refractivity contribution in [2.24, 2.45) is 17.3 Å². The number of carbonyl (C=O) groups excluding carboxylic acids is 2. The number of nitrogens with one attached hydrogen (secondary N) is 3. The Hall–Kier alpha value is -6.38. The number of amides is 2. The highest BCUT2D eigenvalue weighted by molar-refractivity contribution is 7.90. The van der Waals surface area contributed by atoms with Crippen LogP contribution in [0, 0.1) is 39.1 Å². The fourth-order valence-electron chi connectivity index (χ4n) is 12.3. The number of benzene rings is 3. The minimum Gasteiger partial charge on any atom is -0.489 e. The number of carbonyl (C=O) groups is 2. The molecule has 0 bridgehead atoms. The number of halogens is 2. The average Bonchev–Trinajstić information content (AvgIpc) is 4.17. The van der Waals surface area contributed by atoms with E-state index >= 15 is 4.39 Å². The Bertz CT molecular complexity index is 3140. The van der Waals surface area contributed by atoms with Crippen LogP contribution >= 0.6 is 0 Å². The lowest BCUT2D eigenvalue weighted by molar-refractivity contribution is -0.384. The van der Waals surface area contributed by atoms with Crippen molar-refractivity contribution in [3.63, 3.8) is 0 Å². The van der Waals surface area contributed by atoms with Crippen LogP contribution in [-0.2, 0) is 14.8 Å². The number of hydrogen-bond acceptors (Lipinski definition) is 13. The zero-order valence-electron chi connectivity index (χ0n) is 41.7. The van der Waals surface area contributed by atoms with E-state index in [1.54, 1.807) is 13.0 Å². The molecule has 3 aliphatic carbocycles. The first-order valence-corrected chi connectivity index (χ1v) is 27.4. The topological polar surface area (TPSA) is 213 Å². The molecular weight excluding hydrogens is 975 g/mol. The predicted octanol–water partition coefficient (Wildman–Crippen LogP) is 8.94. The smallest absolute Gasteiger partial charge is 0.297 e. The van der Waals surface area contributed by atoms with E-state index in [1.807, 2.05) is 4.72 Å². The number of piperidine rings is 1. The summed E-state index contributed by atoms with van der Waals surface area (Å²) in [6.07, 6.45) is 9.24. The molecule has 3 aliphatic heterocycles. The lowest BCUT2D eigenvalue weighted by Gasteiger charge is -2.58. The minimum absolute atomic E-state index is 0.0143. The van der Waals surface area contributed by atoms with Gasteiger partial charge in [0.25, 0.3) is 27.6 Å². The van der Waals surface area contributed by atoms with Crippen LogP contribution in [0.5, 0.6) is 17.2 Å². The molecule has 0 radical (unpaired) electrons. The maximum atomic E-state index is 15.6. The first-order chi connectivity index (χ1) is 35.3. The lowest BCUT2D eigenvalue weighted by atomic mass is 9.59. The Balaban J connectivity index is 0.817. The number of anilines is 2. The zero-order valence-corrected chi connectivity index (χ0v) is 42.6. The maximum Gasteiger partial charge on any atom is 0.297 e. The van der Waals surface area contributed by atoms with E-state index in [0.717, 1.165) is 76.0 Å². The summed E-state index contributed by atoms with van der Waals surface area (Å²) in [4.78, 5) is 51.9. The highest BCUT2D eigenvalue weighted by atomic mass is 32.2.